The molecule has 5 nitrogen and oxygen atoms in total. The van der Waals surface area contributed by atoms with Crippen molar-refractivity contribution in [3.05, 3.63) is 54.4 Å². The normalized spacial score (nSPS) is 20.3. The summed E-state index contributed by atoms with van der Waals surface area (Å²) in [4.78, 5) is 34.2. The summed E-state index contributed by atoms with van der Waals surface area (Å²) >= 11 is 0. The number of likely N-dealkylation sites (N-methyl/N-ethyl adjacent to an activating group) is 1. The van der Waals surface area contributed by atoms with E-state index in [4.69, 9.17) is 0 Å². The quantitative estimate of drug-likeness (QED) is 0.783. The first-order valence-corrected chi connectivity index (χ1v) is 10.8. The molecular weight excluding hydrogens is 362 g/mol. The zero-order valence-electron chi connectivity index (χ0n) is 17.1. The molecule has 0 radical (unpaired) electrons. The summed E-state index contributed by atoms with van der Waals surface area (Å²) in [5, 5.41) is 0. The molecule has 0 N–H and O–H groups in total. The van der Waals surface area contributed by atoms with Crippen LogP contribution in [0, 0.1) is 5.92 Å². The highest BCUT2D eigenvalue weighted by Crippen LogP contribution is 2.29. The van der Waals surface area contributed by atoms with Gasteiger partial charge < -0.3 is 9.80 Å². The zero-order chi connectivity index (χ0) is 20.2. The first-order chi connectivity index (χ1) is 14.2. The van der Waals surface area contributed by atoms with Crippen molar-refractivity contribution in [2.45, 2.75) is 45.1 Å². The van der Waals surface area contributed by atoms with E-state index in [9.17, 15) is 9.59 Å². The smallest absolute Gasteiger partial charge is 0.245 e. The molecule has 2 amide bonds. The summed E-state index contributed by atoms with van der Waals surface area (Å²) in [6.07, 6.45) is 8.31. The van der Waals surface area contributed by atoms with Gasteiger partial charge in [-0.15, -0.1) is 0 Å². The second-order valence-corrected chi connectivity index (χ2v) is 8.09. The molecule has 5 heteroatoms. The number of carbonyl (C=O) groups is 2. The SMILES string of the molecule is CCN1CCN(C(=O)C2CCCC2)[C@@H](Cc2cccc(-c3ccncc3)c2)C1=O. The van der Waals surface area contributed by atoms with E-state index in [-0.39, 0.29) is 17.7 Å². The number of hydrogen-bond donors (Lipinski definition) is 0. The maximum absolute atomic E-state index is 13.2. The molecule has 0 spiro atoms. The van der Waals surface area contributed by atoms with Crippen LogP contribution in [0.25, 0.3) is 11.1 Å². The number of aromatic nitrogens is 1. The fraction of sp³-hybridized carbons (Fsp3) is 0.458. The fourth-order valence-electron chi connectivity index (χ4n) is 4.67. The van der Waals surface area contributed by atoms with Gasteiger partial charge in [-0.3, -0.25) is 14.6 Å². The summed E-state index contributed by atoms with van der Waals surface area (Å²) in [6.45, 7) is 3.98. The first-order valence-electron chi connectivity index (χ1n) is 10.8. The van der Waals surface area contributed by atoms with E-state index in [2.05, 4.69) is 23.2 Å². The molecule has 29 heavy (non-hydrogen) atoms. The highest BCUT2D eigenvalue weighted by Gasteiger charge is 2.39. The van der Waals surface area contributed by atoms with Crippen LogP contribution in [0.1, 0.15) is 38.2 Å². The Morgan fingerprint density at radius 1 is 1.07 bits per heavy atom. The van der Waals surface area contributed by atoms with Crippen LogP contribution in [-0.2, 0) is 16.0 Å². The van der Waals surface area contributed by atoms with Crippen LogP contribution in [-0.4, -0.2) is 52.3 Å². The lowest BCUT2D eigenvalue weighted by molar-refractivity contribution is -0.153. The lowest BCUT2D eigenvalue weighted by Crippen LogP contribution is -2.60. The largest absolute Gasteiger partial charge is 0.339 e. The average Bonchev–Trinajstić information content (AvgIpc) is 3.30. The number of amides is 2. The molecule has 152 valence electrons. The van der Waals surface area contributed by atoms with Crippen LogP contribution in [0.15, 0.2) is 48.8 Å². The van der Waals surface area contributed by atoms with Gasteiger partial charge in [-0.1, -0.05) is 37.1 Å². The molecule has 1 aliphatic heterocycles. The zero-order valence-corrected chi connectivity index (χ0v) is 17.1. The van der Waals surface area contributed by atoms with Gasteiger partial charge in [-0.05, 0) is 48.6 Å². The van der Waals surface area contributed by atoms with Crippen LogP contribution >= 0.6 is 0 Å². The Balaban J connectivity index is 1.59. The van der Waals surface area contributed by atoms with Crippen LogP contribution in [0.5, 0.6) is 0 Å². The Morgan fingerprint density at radius 2 is 1.83 bits per heavy atom. The third-order valence-electron chi connectivity index (χ3n) is 6.32. The molecule has 0 bridgehead atoms. The number of piperazine rings is 1. The number of pyridine rings is 1. The van der Waals surface area contributed by atoms with Gasteiger partial charge in [0.1, 0.15) is 6.04 Å². The van der Waals surface area contributed by atoms with Crippen molar-refractivity contribution in [1.29, 1.82) is 0 Å². The molecule has 1 saturated carbocycles. The van der Waals surface area contributed by atoms with E-state index in [1.807, 2.05) is 34.9 Å². The molecule has 1 saturated heterocycles. The van der Waals surface area contributed by atoms with Crippen molar-refractivity contribution >= 4 is 11.8 Å². The molecule has 1 aliphatic carbocycles. The summed E-state index contributed by atoms with van der Waals surface area (Å²) < 4.78 is 0. The molecule has 1 atom stereocenters. The van der Waals surface area contributed by atoms with E-state index in [1.165, 1.54) is 0 Å². The van der Waals surface area contributed by atoms with Crippen molar-refractivity contribution < 1.29 is 9.59 Å². The number of hydrogen-bond acceptors (Lipinski definition) is 3. The van der Waals surface area contributed by atoms with Gasteiger partial charge in [0, 0.05) is 44.4 Å². The summed E-state index contributed by atoms with van der Waals surface area (Å²) in [6, 6.07) is 11.9. The molecule has 1 aromatic heterocycles. The minimum Gasteiger partial charge on any atom is -0.339 e. The van der Waals surface area contributed by atoms with E-state index in [0.29, 0.717) is 26.1 Å². The van der Waals surface area contributed by atoms with Gasteiger partial charge in [-0.25, -0.2) is 0 Å². The number of rotatable bonds is 5. The topological polar surface area (TPSA) is 53.5 Å². The summed E-state index contributed by atoms with van der Waals surface area (Å²) in [5.41, 5.74) is 3.29. The van der Waals surface area contributed by atoms with Crippen LogP contribution < -0.4 is 0 Å². The Hall–Kier alpha value is -2.69. The highest BCUT2D eigenvalue weighted by molar-refractivity contribution is 5.90. The minimum atomic E-state index is -0.399. The summed E-state index contributed by atoms with van der Waals surface area (Å²) in [5.74, 6) is 0.364. The number of benzene rings is 1. The lowest BCUT2D eigenvalue weighted by atomic mass is 9.96. The minimum absolute atomic E-state index is 0.0828. The van der Waals surface area contributed by atoms with Crippen molar-refractivity contribution in [1.82, 2.24) is 14.8 Å². The van der Waals surface area contributed by atoms with Crippen LogP contribution in [0.3, 0.4) is 0 Å². The summed E-state index contributed by atoms with van der Waals surface area (Å²) in [7, 11) is 0. The van der Waals surface area contributed by atoms with E-state index < -0.39 is 6.04 Å². The predicted octanol–water partition coefficient (Wildman–Crippen LogP) is 3.54. The Morgan fingerprint density at radius 3 is 2.55 bits per heavy atom. The van der Waals surface area contributed by atoms with Gasteiger partial charge in [0.05, 0.1) is 0 Å². The van der Waals surface area contributed by atoms with E-state index in [1.54, 1.807) is 12.4 Å². The average molecular weight is 392 g/mol. The Labute approximate surface area is 172 Å². The van der Waals surface area contributed by atoms with E-state index >= 15 is 0 Å². The molecule has 2 aromatic rings. The molecule has 0 unspecified atom stereocenters. The highest BCUT2D eigenvalue weighted by atomic mass is 16.2. The molecule has 2 heterocycles. The van der Waals surface area contributed by atoms with Crippen LogP contribution in [0.2, 0.25) is 0 Å². The molecule has 2 aliphatic rings. The Kier molecular flexibility index (Phi) is 5.93. The van der Waals surface area contributed by atoms with Gasteiger partial charge in [0.2, 0.25) is 11.8 Å². The molecular formula is C24H29N3O2. The van der Waals surface area contributed by atoms with E-state index in [0.717, 1.165) is 42.4 Å². The van der Waals surface area contributed by atoms with Crippen molar-refractivity contribution in [3.8, 4) is 11.1 Å². The molecule has 2 fully saturated rings. The van der Waals surface area contributed by atoms with Crippen LogP contribution in [0.4, 0.5) is 0 Å². The first kappa shape index (κ1) is 19.6. The Bertz CT molecular complexity index is 861. The van der Waals surface area contributed by atoms with Crippen molar-refractivity contribution in [2.24, 2.45) is 5.92 Å². The maximum atomic E-state index is 13.2. The molecule has 1 aromatic carbocycles. The second kappa shape index (κ2) is 8.76. The number of carbonyl (C=O) groups excluding carboxylic acids is 2. The van der Waals surface area contributed by atoms with Gasteiger partial charge >= 0.3 is 0 Å². The fourth-order valence-corrected chi connectivity index (χ4v) is 4.67. The second-order valence-electron chi connectivity index (χ2n) is 8.09. The van der Waals surface area contributed by atoms with Crippen molar-refractivity contribution in [2.75, 3.05) is 19.6 Å². The van der Waals surface area contributed by atoms with Gasteiger partial charge in [0.25, 0.3) is 0 Å². The third-order valence-corrected chi connectivity index (χ3v) is 6.32. The van der Waals surface area contributed by atoms with Crippen molar-refractivity contribution in [3.63, 3.8) is 0 Å². The predicted molar refractivity (Wildman–Crippen MR) is 113 cm³/mol. The third kappa shape index (κ3) is 4.19. The standard InChI is InChI=1S/C24H29N3O2/c1-2-26-14-15-27(23(28)20-7-3-4-8-20)22(24(26)29)17-18-6-5-9-21(16-18)19-10-12-25-13-11-19/h5-6,9-13,16,20,22H,2-4,7-8,14-15,17H2,1H3/t22-/m0/s1. The lowest BCUT2D eigenvalue weighted by Gasteiger charge is -2.41. The monoisotopic (exact) mass is 391 g/mol. The molecule has 4 rings (SSSR count). The number of nitrogens with zero attached hydrogens (tertiary/aromatic N) is 3. The maximum Gasteiger partial charge on any atom is 0.245 e. The van der Waals surface area contributed by atoms with Gasteiger partial charge in [0.15, 0.2) is 0 Å². The van der Waals surface area contributed by atoms with Gasteiger partial charge in [-0.2, -0.15) is 0 Å².